The Kier molecular flexibility index (Phi) is 11.8. The first-order chi connectivity index (χ1) is 14.4. The van der Waals surface area contributed by atoms with Crippen LogP contribution in [-0.2, 0) is 11.3 Å². The van der Waals surface area contributed by atoms with Gasteiger partial charge in [0.1, 0.15) is 5.56 Å². The summed E-state index contributed by atoms with van der Waals surface area (Å²) in [6.07, 6.45) is 17.5. The number of nitrogens with zero attached hydrogens (tertiary/aromatic N) is 1. The zero-order valence-corrected chi connectivity index (χ0v) is 20.2. The number of pyridine rings is 1. The Labute approximate surface area is 187 Å². The fraction of sp³-hybridized carbons (Fsp3) is 0.360. The summed E-state index contributed by atoms with van der Waals surface area (Å²) in [7, 11) is 0. The largest absolute Gasteiger partial charge is 0.462 e. The molecule has 0 spiro atoms. The summed E-state index contributed by atoms with van der Waals surface area (Å²) in [6, 6.07) is 1.62. The van der Waals surface area contributed by atoms with Crippen molar-refractivity contribution < 1.29 is 9.53 Å². The lowest BCUT2D eigenvalue weighted by Crippen LogP contribution is -2.46. The number of halogens is 1. The summed E-state index contributed by atoms with van der Waals surface area (Å²) in [4.78, 5) is 25.7. The monoisotopic (exact) mass is 473 g/mol. The Balaban J connectivity index is 3.81. The lowest BCUT2D eigenvalue weighted by molar-refractivity contribution is 0.0523. The highest BCUT2D eigenvalue weighted by Crippen LogP contribution is 2.05. The van der Waals surface area contributed by atoms with Crippen molar-refractivity contribution in [3.63, 3.8) is 0 Å². The van der Waals surface area contributed by atoms with E-state index in [2.05, 4.69) is 28.9 Å². The number of ether oxygens (including phenoxy) is 1. The normalized spacial score (nSPS) is 14.3. The zero-order chi connectivity index (χ0) is 22.5. The minimum atomic E-state index is -0.603. The molecule has 1 aromatic rings. The fourth-order valence-corrected chi connectivity index (χ4v) is 3.05. The van der Waals surface area contributed by atoms with E-state index < -0.39 is 5.97 Å². The summed E-state index contributed by atoms with van der Waals surface area (Å²) in [5.41, 5.74) is 0.664. The van der Waals surface area contributed by atoms with E-state index in [0.717, 1.165) is 33.5 Å². The molecule has 4 nitrogen and oxygen atoms in total. The van der Waals surface area contributed by atoms with Gasteiger partial charge in [0.15, 0.2) is 0 Å². The first-order valence-corrected chi connectivity index (χ1v) is 11.2. The van der Waals surface area contributed by atoms with Crippen molar-refractivity contribution in [2.75, 3.05) is 6.61 Å². The number of aromatic nitrogens is 1. The third-order valence-electron chi connectivity index (χ3n) is 4.33. The molecule has 0 aromatic carbocycles. The van der Waals surface area contributed by atoms with Gasteiger partial charge in [-0.05, 0) is 51.3 Å². The van der Waals surface area contributed by atoms with E-state index in [-0.39, 0.29) is 17.7 Å². The summed E-state index contributed by atoms with van der Waals surface area (Å²) < 4.78 is 7.65. The van der Waals surface area contributed by atoms with Gasteiger partial charge in [0.25, 0.3) is 5.56 Å². The number of hydrogen-bond donors (Lipinski definition) is 0. The molecular formula is C25H32BrNO3. The third-order valence-corrected chi connectivity index (χ3v) is 5.02. The summed E-state index contributed by atoms with van der Waals surface area (Å²) in [5, 5.41) is 1.57. The van der Waals surface area contributed by atoms with Crippen LogP contribution in [0.3, 0.4) is 0 Å². The standard InChI is InChI=1S/C25H32BrNO3/c1-6-11-12-13-15-19(8-3)18-27-23(14-7-2)20(16-21(26)9-4)17-22(24(27)28)25(29)30-10-5/h8-9,11-17H,6-7,10,18H2,1-5H3/b12-11+,15-13-,19-8+,20-16-,21-9+,23-14-. The topological polar surface area (TPSA) is 48.3 Å². The predicted octanol–water partition coefficient (Wildman–Crippen LogP) is 4.76. The van der Waals surface area contributed by atoms with E-state index in [1.165, 1.54) is 0 Å². The zero-order valence-electron chi connectivity index (χ0n) is 18.6. The van der Waals surface area contributed by atoms with Crippen LogP contribution in [0.4, 0.5) is 0 Å². The predicted molar refractivity (Wildman–Crippen MR) is 130 cm³/mol. The van der Waals surface area contributed by atoms with Gasteiger partial charge in [-0.2, -0.15) is 0 Å². The van der Waals surface area contributed by atoms with Gasteiger partial charge < -0.3 is 9.30 Å². The number of allylic oxidation sites excluding steroid dienone is 8. The van der Waals surface area contributed by atoms with Crippen LogP contribution < -0.4 is 16.1 Å². The molecule has 0 atom stereocenters. The van der Waals surface area contributed by atoms with E-state index in [9.17, 15) is 9.59 Å². The van der Waals surface area contributed by atoms with Crippen molar-refractivity contribution in [2.24, 2.45) is 0 Å². The molecule has 1 rings (SSSR count). The van der Waals surface area contributed by atoms with E-state index in [4.69, 9.17) is 4.74 Å². The minimum absolute atomic E-state index is 0.0399. The van der Waals surface area contributed by atoms with Gasteiger partial charge >= 0.3 is 5.97 Å². The smallest absolute Gasteiger partial charge is 0.343 e. The molecule has 0 aliphatic carbocycles. The highest BCUT2D eigenvalue weighted by molar-refractivity contribution is 9.12. The van der Waals surface area contributed by atoms with Gasteiger partial charge in [-0.3, -0.25) is 4.79 Å². The van der Waals surface area contributed by atoms with E-state index >= 15 is 0 Å². The van der Waals surface area contributed by atoms with E-state index in [1.807, 2.05) is 63.3 Å². The molecule has 0 fully saturated rings. The SMILES string of the molecule is C\C=C(Br)/C=c1/cc(C(=O)OCC)c(=O)n(CC(/C=C\C=C\CC)=C/C)/c1=C\CC. The molecule has 0 unspecified atom stereocenters. The average molecular weight is 474 g/mol. The van der Waals surface area contributed by atoms with Crippen LogP contribution in [0, 0.1) is 0 Å². The van der Waals surface area contributed by atoms with Crippen molar-refractivity contribution in [3.05, 3.63) is 79.1 Å². The molecule has 0 aliphatic heterocycles. The second-order valence-electron chi connectivity index (χ2n) is 6.50. The molecule has 1 heterocycles. The fourth-order valence-electron chi connectivity index (χ4n) is 2.80. The molecule has 0 bridgehead atoms. The lowest BCUT2D eigenvalue weighted by atomic mass is 10.1. The maximum absolute atomic E-state index is 13.3. The Morgan fingerprint density at radius 3 is 2.43 bits per heavy atom. The van der Waals surface area contributed by atoms with Gasteiger partial charge in [-0.15, -0.1) is 0 Å². The van der Waals surface area contributed by atoms with Crippen LogP contribution in [-0.4, -0.2) is 17.1 Å². The van der Waals surface area contributed by atoms with Gasteiger partial charge in [0, 0.05) is 15.1 Å². The van der Waals surface area contributed by atoms with Crippen LogP contribution in [0.5, 0.6) is 0 Å². The molecule has 5 heteroatoms. The quantitative estimate of drug-likeness (QED) is 0.383. The molecule has 0 saturated carbocycles. The summed E-state index contributed by atoms with van der Waals surface area (Å²) >= 11 is 3.51. The highest BCUT2D eigenvalue weighted by atomic mass is 79.9. The maximum atomic E-state index is 13.3. The summed E-state index contributed by atoms with van der Waals surface area (Å²) in [5.74, 6) is -0.603. The maximum Gasteiger partial charge on any atom is 0.343 e. The number of carbonyl (C=O) groups is 1. The molecule has 1 aromatic heterocycles. The van der Waals surface area contributed by atoms with Crippen LogP contribution in [0.2, 0.25) is 0 Å². The van der Waals surface area contributed by atoms with Gasteiger partial charge in [0.05, 0.1) is 13.2 Å². The number of hydrogen-bond acceptors (Lipinski definition) is 3. The van der Waals surface area contributed by atoms with Crippen molar-refractivity contribution in [1.82, 2.24) is 4.57 Å². The average Bonchev–Trinajstić information content (AvgIpc) is 2.73. The molecule has 0 N–H and O–H groups in total. The third kappa shape index (κ3) is 7.45. The number of carbonyl (C=O) groups excluding carboxylic acids is 1. The number of esters is 1. The molecule has 162 valence electrons. The Morgan fingerprint density at radius 1 is 1.13 bits per heavy atom. The van der Waals surface area contributed by atoms with Crippen molar-refractivity contribution in [1.29, 1.82) is 0 Å². The van der Waals surface area contributed by atoms with Crippen LogP contribution in [0.15, 0.2) is 57.4 Å². The second-order valence-corrected chi connectivity index (χ2v) is 7.42. The lowest BCUT2D eigenvalue weighted by Gasteiger charge is -2.12. The molecule has 30 heavy (non-hydrogen) atoms. The van der Waals surface area contributed by atoms with Gasteiger partial charge in [0.2, 0.25) is 0 Å². The van der Waals surface area contributed by atoms with Crippen LogP contribution >= 0.6 is 15.9 Å². The van der Waals surface area contributed by atoms with Crippen LogP contribution in [0.1, 0.15) is 57.8 Å². The number of rotatable bonds is 9. The first kappa shape index (κ1) is 25.6. The second kappa shape index (κ2) is 13.8. The highest BCUT2D eigenvalue weighted by Gasteiger charge is 2.16. The molecular weight excluding hydrogens is 442 g/mol. The molecule has 0 saturated heterocycles. The van der Waals surface area contributed by atoms with E-state index in [1.54, 1.807) is 17.6 Å². The van der Waals surface area contributed by atoms with E-state index in [0.29, 0.717) is 6.54 Å². The van der Waals surface area contributed by atoms with Crippen molar-refractivity contribution >= 4 is 34.1 Å². The Hall–Kier alpha value is -2.40. The summed E-state index contributed by atoms with van der Waals surface area (Å²) in [6.45, 7) is 10.3. The molecule has 0 amide bonds. The van der Waals surface area contributed by atoms with Crippen molar-refractivity contribution in [3.8, 4) is 0 Å². The van der Waals surface area contributed by atoms with Crippen molar-refractivity contribution in [2.45, 2.75) is 54.0 Å². The first-order valence-electron chi connectivity index (χ1n) is 10.4. The van der Waals surface area contributed by atoms with Crippen LogP contribution in [0.25, 0.3) is 12.2 Å². The minimum Gasteiger partial charge on any atom is -0.462 e. The Bertz CT molecular complexity index is 1020. The molecule has 0 radical (unpaired) electrons. The van der Waals surface area contributed by atoms with Gasteiger partial charge in [-0.1, -0.05) is 72.3 Å². The van der Waals surface area contributed by atoms with Gasteiger partial charge in [-0.25, -0.2) is 4.79 Å². The Morgan fingerprint density at radius 2 is 1.87 bits per heavy atom. The molecule has 0 aliphatic rings.